The molecule has 4 N–H and O–H groups in total. The van der Waals surface area contributed by atoms with Crippen molar-refractivity contribution in [3.63, 3.8) is 0 Å². The highest BCUT2D eigenvalue weighted by Gasteiger charge is 2.18. The molecule has 6 nitrogen and oxygen atoms in total. The summed E-state index contributed by atoms with van der Waals surface area (Å²) < 4.78 is 5.28. The summed E-state index contributed by atoms with van der Waals surface area (Å²) in [4.78, 5) is 24.1. The predicted molar refractivity (Wildman–Crippen MR) is 89.2 cm³/mol. The van der Waals surface area contributed by atoms with Crippen molar-refractivity contribution in [1.29, 1.82) is 0 Å². The smallest absolute Gasteiger partial charge is 0.251 e. The number of nitrogens with one attached hydrogen (secondary N) is 2. The van der Waals surface area contributed by atoms with Gasteiger partial charge in [0.15, 0.2) is 0 Å². The third-order valence-corrected chi connectivity index (χ3v) is 4.17. The predicted octanol–water partition coefficient (Wildman–Crippen LogP) is 1.52. The fourth-order valence-electron chi connectivity index (χ4n) is 2.31. The summed E-state index contributed by atoms with van der Waals surface area (Å²) in [5.74, 6) is -0.496. The van der Waals surface area contributed by atoms with E-state index in [0.29, 0.717) is 24.5 Å². The number of carbonyl (C=O) groups excluding carboxylic acids is 2. The average Bonchev–Trinajstić information content (AvgIpc) is 2.55. The van der Waals surface area contributed by atoms with Gasteiger partial charge in [0.05, 0.1) is 5.92 Å². The summed E-state index contributed by atoms with van der Waals surface area (Å²) in [6.07, 6.45) is 1.68. The molecule has 2 rings (SSSR count). The van der Waals surface area contributed by atoms with E-state index in [1.807, 2.05) is 0 Å². The van der Waals surface area contributed by atoms with Gasteiger partial charge in [-0.25, -0.2) is 0 Å². The topological polar surface area (TPSA) is 93.5 Å². The van der Waals surface area contributed by atoms with E-state index in [4.69, 9.17) is 10.5 Å². The molecular weight excluding hydrogens is 294 g/mol. The third kappa shape index (κ3) is 5.04. The Kier molecular flexibility index (Phi) is 6.12. The molecule has 1 aromatic rings. The van der Waals surface area contributed by atoms with Crippen LogP contribution in [0.1, 0.15) is 37.0 Å². The first-order valence-electron chi connectivity index (χ1n) is 8.02. The van der Waals surface area contributed by atoms with E-state index in [2.05, 4.69) is 10.6 Å². The number of ether oxygens (including phenoxy) is 1. The van der Waals surface area contributed by atoms with Gasteiger partial charge >= 0.3 is 0 Å². The van der Waals surface area contributed by atoms with Crippen LogP contribution < -0.4 is 16.4 Å². The molecule has 2 amide bonds. The van der Waals surface area contributed by atoms with E-state index >= 15 is 0 Å². The zero-order valence-corrected chi connectivity index (χ0v) is 13.7. The van der Waals surface area contributed by atoms with Crippen molar-refractivity contribution in [3.05, 3.63) is 29.8 Å². The Morgan fingerprint density at radius 1 is 1.17 bits per heavy atom. The first-order chi connectivity index (χ1) is 11.0. The van der Waals surface area contributed by atoms with Gasteiger partial charge < -0.3 is 21.1 Å². The van der Waals surface area contributed by atoms with E-state index in [0.717, 1.165) is 12.8 Å². The molecule has 6 heteroatoms. The number of hydrogen-bond acceptors (Lipinski definition) is 4. The second kappa shape index (κ2) is 8.08. The summed E-state index contributed by atoms with van der Waals surface area (Å²) in [5, 5.41) is 5.81. The molecule has 1 aliphatic rings. The molecule has 1 aliphatic heterocycles. The largest absolute Gasteiger partial charge is 0.381 e. The van der Waals surface area contributed by atoms with Gasteiger partial charge in [-0.1, -0.05) is 6.92 Å². The molecule has 23 heavy (non-hydrogen) atoms. The Morgan fingerprint density at radius 2 is 1.78 bits per heavy atom. The van der Waals surface area contributed by atoms with Gasteiger partial charge in [-0.05, 0) is 44.0 Å². The molecule has 0 radical (unpaired) electrons. The van der Waals surface area contributed by atoms with Crippen LogP contribution in [0.15, 0.2) is 24.3 Å². The van der Waals surface area contributed by atoms with Crippen LogP contribution in [0, 0.1) is 5.92 Å². The highest BCUT2D eigenvalue weighted by molar-refractivity contribution is 5.96. The van der Waals surface area contributed by atoms with Crippen LogP contribution in [0.25, 0.3) is 0 Å². The molecule has 2 unspecified atom stereocenters. The van der Waals surface area contributed by atoms with Crippen LogP contribution in [0.2, 0.25) is 0 Å². The van der Waals surface area contributed by atoms with Crippen molar-refractivity contribution in [3.8, 4) is 0 Å². The summed E-state index contributed by atoms with van der Waals surface area (Å²) in [7, 11) is 0. The Bertz CT molecular complexity index is 537. The van der Waals surface area contributed by atoms with Crippen molar-refractivity contribution in [2.45, 2.75) is 38.8 Å². The normalized spacial score (nSPS) is 18.0. The molecule has 0 aliphatic carbocycles. The maximum absolute atomic E-state index is 12.2. The fourth-order valence-corrected chi connectivity index (χ4v) is 2.31. The monoisotopic (exact) mass is 319 g/mol. The molecule has 0 bridgehead atoms. The first kappa shape index (κ1) is 17.4. The van der Waals surface area contributed by atoms with Crippen molar-refractivity contribution in [2.75, 3.05) is 18.5 Å². The standard InChI is InChI=1S/C17H25N3O3/c1-11(12(2)18)16(21)19-14-5-3-13(4-6-14)17(22)20-15-7-9-23-10-8-15/h3-6,11-12,15H,7-10,18H2,1-2H3,(H,19,21)(H,20,22). The lowest BCUT2D eigenvalue weighted by Gasteiger charge is -2.23. The molecule has 1 heterocycles. The van der Waals surface area contributed by atoms with Crippen molar-refractivity contribution in [2.24, 2.45) is 11.7 Å². The molecule has 0 aromatic heterocycles. The lowest BCUT2D eigenvalue weighted by Crippen LogP contribution is -2.38. The van der Waals surface area contributed by atoms with Gasteiger partial charge in [-0.15, -0.1) is 0 Å². The van der Waals surface area contributed by atoms with E-state index in [1.165, 1.54) is 0 Å². The Balaban J connectivity index is 1.90. The van der Waals surface area contributed by atoms with Crippen LogP contribution >= 0.6 is 0 Å². The van der Waals surface area contributed by atoms with Crippen molar-refractivity contribution in [1.82, 2.24) is 5.32 Å². The summed E-state index contributed by atoms with van der Waals surface area (Å²) >= 11 is 0. The van der Waals surface area contributed by atoms with Crippen LogP contribution in [0.4, 0.5) is 5.69 Å². The lowest BCUT2D eigenvalue weighted by atomic mass is 10.0. The highest BCUT2D eigenvalue weighted by Crippen LogP contribution is 2.13. The SMILES string of the molecule is CC(N)C(C)C(=O)Nc1ccc(C(=O)NC2CCOCC2)cc1. The first-order valence-corrected chi connectivity index (χ1v) is 8.02. The van der Waals surface area contributed by atoms with E-state index in [1.54, 1.807) is 38.1 Å². The summed E-state index contributed by atoms with van der Waals surface area (Å²) in [6.45, 7) is 4.96. The Hall–Kier alpha value is -1.92. The molecule has 1 saturated heterocycles. The van der Waals surface area contributed by atoms with Crippen LogP contribution in [-0.4, -0.2) is 37.1 Å². The van der Waals surface area contributed by atoms with Crippen LogP contribution in [-0.2, 0) is 9.53 Å². The van der Waals surface area contributed by atoms with E-state index in [-0.39, 0.29) is 29.8 Å². The second-order valence-corrected chi connectivity index (χ2v) is 6.07. The molecule has 0 spiro atoms. The number of benzene rings is 1. The highest BCUT2D eigenvalue weighted by atomic mass is 16.5. The molecular formula is C17H25N3O3. The number of nitrogens with two attached hydrogens (primary N) is 1. The van der Waals surface area contributed by atoms with Gasteiger partial charge in [-0.2, -0.15) is 0 Å². The maximum Gasteiger partial charge on any atom is 0.251 e. The minimum absolute atomic E-state index is 0.0984. The summed E-state index contributed by atoms with van der Waals surface area (Å²) in [5.41, 5.74) is 6.96. The number of rotatable bonds is 5. The Morgan fingerprint density at radius 3 is 2.35 bits per heavy atom. The minimum Gasteiger partial charge on any atom is -0.381 e. The molecule has 1 fully saturated rings. The molecule has 0 saturated carbocycles. The lowest BCUT2D eigenvalue weighted by molar-refractivity contribution is -0.119. The van der Waals surface area contributed by atoms with Gasteiger partial charge in [-0.3, -0.25) is 9.59 Å². The van der Waals surface area contributed by atoms with Crippen LogP contribution in [0.3, 0.4) is 0 Å². The van der Waals surface area contributed by atoms with Crippen molar-refractivity contribution < 1.29 is 14.3 Å². The van der Waals surface area contributed by atoms with Gasteiger partial charge in [0.2, 0.25) is 5.91 Å². The minimum atomic E-state index is -0.272. The van der Waals surface area contributed by atoms with Crippen LogP contribution in [0.5, 0.6) is 0 Å². The zero-order chi connectivity index (χ0) is 16.8. The second-order valence-electron chi connectivity index (χ2n) is 6.07. The maximum atomic E-state index is 12.2. The number of hydrogen-bond donors (Lipinski definition) is 3. The van der Waals surface area contributed by atoms with E-state index in [9.17, 15) is 9.59 Å². The fraction of sp³-hybridized carbons (Fsp3) is 0.529. The average molecular weight is 319 g/mol. The number of amides is 2. The van der Waals surface area contributed by atoms with Crippen molar-refractivity contribution >= 4 is 17.5 Å². The van der Waals surface area contributed by atoms with E-state index < -0.39 is 0 Å². The van der Waals surface area contributed by atoms with Gasteiger partial charge in [0.1, 0.15) is 0 Å². The number of carbonyl (C=O) groups is 2. The Labute approximate surface area is 136 Å². The summed E-state index contributed by atoms with van der Waals surface area (Å²) in [6, 6.07) is 6.83. The molecule has 126 valence electrons. The third-order valence-electron chi connectivity index (χ3n) is 4.17. The zero-order valence-electron chi connectivity index (χ0n) is 13.7. The van der Waals surface area contributed by atoms with Gasteiger partial charge in [0, 0.05) is 36.5 Å². The molecule has 1 aromatic carbocycles. The quantitative estimate of drug-likeness (QED) is 0.767. The number of anilines is 1. The van der Waals surface area contributed by atoms with Gasteiger partial charge in [0.25, 0.3) is 5.91 Å². The molecule has 2 atom stereocenters.